The second-order valence-electron chi connectivity index (χ2n) is 17.4. The van der Waals surface area contributed by atoms with E-state index >= 15 is 0 Å². The third kappa shape index (κ3) is 40.2. The molecule has 0 N–H and O–H groups in total. The van der Waals surface area contributed by atoms with Crippen LogP contribution in [0.15, 0.2) is 0 Å². The summed E-state index contributed by atoms with van der Waals surface area (Å²) in [6.45, 7) is 59.2. The fourth-order valence-electron chi connectivity index (χ4n) is 10.3. The van der Waals surface area contributed by atoms with Crippen LogP contribution >= 0.6 is 0 Å². The fraction of sp³-hybridized carbons (Fsp3) is 1.00. The molecule has 0 aromatic rings. The summed E-state index contributed by atoms with van der Waals surface area (Å²) in [5.74, 6) is 0. The van der Waals surface area contributed by atoms with Crippen molar-refractivity contribution in [3.8, 4) is 0 Å². The van der Waals surface area contributed by atoms with Gasteiger partial charge in [-0.2, -0.15) is 0 Å². The second-order valence-corrected chi connectivity index (χ2v) is 19.0. The fourth-order valence-corrected chi connectivity index (χ4v) is 10.3. The first-order valence-electron chi connectivity index (χ1n) is 25.2. The van der Waals surface area contributed by atoms with Gasteiger partial charge in [0.15, 0.2) is 0 Å². The van der Waals surface area contributed by atoms with Crippen LogP contribution in [0.2, 0.25) is 0 Å². The summed E-state index contributed by atoms with van der Waals surface area (Å²) in [7, 11) is 0. The van der Waals surface area contributed by atoms with Crippen LogP contribution in [0.3, 0.4) is 0 Å². The Morgan fingerprint density at radius 3 is 0.281 bits per heavy atom. The van der Waals surface area contributed by atoms with Crippen LogP contribution in [0.4, 0.5) is 0 Å². The SMILES string of the molecule is CCC[N+](CCC)(CCC)CCC.CCC[N+](CCC)(CCC)CCC.CCC[N+](CCC)(CCC)CCC.CCC[N+](CCC)(CCC)CCC.[O-][Ti]([O-])([O-])[O-]. The maximum absolute atomic E-state index is 8.62. The molecule has 0 bridgehead atoms. The molecule has 0 unspecified atom stereocenters. The Kier molecular flexibility index (Phi) is 51.9. The van der Waals surface area contributed by atoms with Crippen LogP contribution in [-0.2, 0) is 18.1 Å². The molecular formula is C48H112N4O4Ti. The monoisotopic (exact) mass is 857 g/mol. The van der Waals surface area contributed by atoms with E-state index in [1.54, 1.807) is 0 Å². The second kappa shape index (κ2) is 44.5. The van der Waals surface area contributed by atoms with E-state index in [1.165, 1.54) is 225 Å². The van der Waals surface area contributed by atoms with Gasteiger partial charge in [0.05, 0.1) is 105 Å². The van der Waals surface area contributed by atoms with Gasteiger partial charge in [0.2, 0.25) is 0 Å². The Morgan fingerprint density at radius 1 is 0.193 bits per heavy atom. The van der Waals surface area contributed by atoms with Gasteiger partial charge in [0.25, 0.3) is 0 Å². The molecule has 0 aromatic carbocycles. The van der Waals surface area contributed by atoms with Crippen LogP contribution in [-0.4, -0.2) is 123 Å². The molecule has 0 rings (SSSR count). The molecule has 0 spiro atoms. The third-order valence-corrected chi connectivity index (χ3v) is 11.2. The molecule has 8 nitrogen and oxygen atoms in total. The third-order valence-electron chi connectivity index (χ3n) is 11.2. The van der Waals surface area contributed by atoms with Crippen molar-refractivity contribution >= 4 is 0 Å². The van der Waals surface area contributed by atoms with Crippen molar-refractivity contribution < 1.29 is 50.8 Å². The van der Waals surface area contributed by atoms with Crippen molar-refractivity contribution in [1.29, 1.82) is 0 Å². The summed E-state index contributed by atoms with van der Waals surface area (Å²) < 4.78 is 40.0. The summed E-state index contributed by atoms with van der Waals surface area (Å²) in [5, 5.41) is 0. The molecule has 352 valence electrons. The van der Waals surface area contributed by atoms with E-state index in [0.717, 1.165) is 0 Å². The standard InChI is InChI=1S/4C12H28N.4O.Ti/c4*1-5-9-13(10-6-2,11-7-3)12-8-4;;;;;/h4*5-12H2,1-4H3;;;;;/q4*+1;4*-1;. The molecule has 0 amide bonds. The Labute approximate surface area is 367 Å². The van der Waals surface area contributed by atoms with E-state index in [-0.39, 0.29) is 0 Å². The number of quaternary nitrogens is 4. The molecule has 0 radical (unpaired) electrons. The molecule has 9 heteroatoms. The van der Waals surface area contributed by atoms with Gasteiger partial charge in [0, 0.05) is 0 Å². The van der Waals surface area contributed by atoms with E-state index in [1.807, 2.05) is 0 Å². The van der Waals surface area contributed by atoms with E-state index in [4.69, 9.17) is 14.8 Å². The Hall–Kier alpha value is 0.394. The molecule has 0 fully saturated rings. The average Bonchev–Trinajstić information content (AvgIpc) is 3.10. The van der Waals surface area contributed by atoms with Gasteiger partial charge in [-0.05, 0) is 103 Å². The van der Waals surface area contributed by atoms with Crippen molar-refractivity contribution in [3.63, 3.8) is 0 Å². The topological polar surface area (TPSA) is 92.2 Å². The van der Waals surface area contributed by atoms with Crippen LogP contribution in [0.1, 0.15) is 214 Å². The van der Waals surface area contributed by atoms with Gasteiger partial charge < -0.3 is 17.9 Å². The van der Waals surface area contributed by atoms with Gasteiger partial charge in [-0.1, -0.05) is 111 Å². The molecule has 0 saturated heterocycles. The van der Waals surface area contributed by atoms with Crippen LogP contribution < -0.4 is 14.8 Å². The first-order valence-corrected chi connectivity index (χ1v) is 27.7. The Morgan fingerprint density at radius 2 is 0.246 bits per heavy atom. The maximum atomic E-state index is 8.62. The predicted octanol–water partition coefficient (Wildman–Crippen LogP) is 9.01. The molecule has 0 saturated carbocycles. The van der Waals surface area contributed by atoms with E-state index in [2.05, 4.69) is 111 Å². The van der Waals surface area contributed by atoms with Crippen LogP contribution in [0, 0.1) is 0 Å². The molecule has 0 heterocycles. The Balaban J connectivity index is -0.000000202. The number of hydrogen-bond donors (Lipinski definition) is 0. The van der Waals surface area contributed by atoms with Gasteiger partial charge in [-0.15, -0.1) is 0 Å². The molecular weight excluding hydrogens is 744 g/mol. The average molecular weight is 857 g/mol. The number of rotatable bonds is 32. The first kappa shape index (κ1) is 66.5. The van der Waals surface area contributed by atoms with Crippen molar-refractivity contribution in [2.24, 2.45) is 0 Å². The molecule has 0 aliphatic heterocycles. The number of hydrogen-bond acceptors (Lipinski definition) is 4. The van der Waals surface area contributed by atoms with Gasteiger partial charge >= 0.3 is 32.9 Å². The van der Waals surface area contributed by atoms with E-state index < -0.39 is 18.1 Å². The zero-order valence-electron chi connectivity index (χ0n) is 42.5. The minimum atomic E-state index is -6.00. The molecule has 57 heavy (non-hydrogen) atoms. The summed E-state index contributed by atoms with van der Waals surface area (Å²) in [6, 6.07) is 0. The summed E-state index contributed by atoms with van der Waals surface area (Å²) in [6.07, 6.45) is 21.3. The molecule has 0 aliphatic rings. The van der Waals surface area contributed by atoms with E-state index in [0.29, 0.717) is 0 Å². The van der Waals surface area contributed by atoms with E-state index in [9.17, 15) is 0 Å². The van der Waals surface area contributed by atoms with Gasteiger partial charge in [-0.3, -0.25) is 0 Å². The summed E-state index contributed by atoms with van der Waals surface area (Å²) in [5.41, 5.74) is 0. The summed E-state index contributed by atoms with van der Waals surface area (Å²) in [4.78, 5) is 0. The quantitative estimate of drug-likeness (QED) is 0.0499. The van der Waals surface area contributed by atoms with Gasteiger partial charge in [0.1, 0.15) is 0 Å². The number of nitrogens with zero attached hydrogens (tertiary/aromatic N) is 4. The van der Waals surface area contributed by atoms with Crippen molar-refractivity contribution in [2.75, 3.05) is 105 Å². The van der Waals surface area contributed by atoms with Gasteiger partial charge in [-0.25, -0.2) is 0 Å². The normalized spacial score (nSPS) is 12.0. The van der Waals surface area contributed by atoms with Crippen LogP contribution in [0.5, 0.6) is 0 Å². The zero-order valence-corrected chi connectivity index (χ0v) is 44.1. The predicted molar refractivity (Wildman–Crippen MR) is 244 cm³/mol. The molecule has 0 atom stereocenters. The zero-order chi connectivity index (χ0) is 45.1. The summed E-state index contributed by atoms with van der Waals surface area (Å²) >= 11 is -6.00. The Bertz CT molecular complexity index is 533. The van der Waals surface area contributed by atoms with Crippen LogP contribution in [0.25, 0.3) is 0 Å². The first-order chi connectivity index (χ1) is 27.0. The van der Waals surface area contributed by atoms with Crippen molar-refractivity contribution in [2.45, 2.75) is 214 Å². The van der Waals surface area contributed by atoms with Crippen molar-refractivity contribution in [1.82, 2.24) is 0 Å². The molecule has 0 aromatic heterocycles. The molecule has 0 aliphatic carbocycles. The minimum absolute atomic E-state index is 1.33. The van der Waals surface area contributed by atoms with Crippen molar-refractivity contribution in [3.05, 3.63) is 0 Å².